The topological polar surface area (TPSA) is 59.0 Å². The van der Waals surface area contributed by atoms with Gasteiger partial charge in [0.25, 0.3) is 5.91 Å². The fourth-order valence-electron chi connectivity index (χ4n) is 4.05. The number of nitrogens with one attached hydrogen (secondary N) is 2. The van der Waals surface area contributed by atoms with Crippen molar-refractivity contribution in [3.05, 3.63) is 104 Å². The summed E-state index contributed by atoms with van der Waals surface area (Å²) in [6.07, 6.45) is 0. The lowest BCUT2D eigenvalue weighted by molar-refractivity contribution is 0.0913. The lowest BCUT2D eigenvalue weighted by atomic mass is 10.0. The van der Waals surface area contributed by atoms with Gasteiger partial charge in [-0.3, -0.25) is 4.79 Å². The highest BCUT2D eigenvalue weighted by Gasteiger charge is 2.25. The van der Waals surface area contributed by atoms with Crippen molar-refractivity contribution in [2.45, 2.75) is 39.8 Å². The van der Waals surface area contributed by atoms with Crippen molar-refractivity contribution < 1.29 is 4.79 Å². The fraction of sp³-hybridized carbons (Fsp3) is 0.226. The van der Waals surface area contributed by atoms with Crippen LogP contribution < -0.4 is 10.6 Å². The van der Waals surface area contributed by atoms with Gasteiger partial charge in [0.15, 0.2) is 5.69 Å². The third-order valence-corrected chi connectivity index (χ3v) is 6.57. The molecule has 0 spiro atoms. The normalized spacial score (nSPS) is 11.2. The predicted octanol–water partition coefficient (Wildman–Crippen LogP) is 7.48. The zero-order valence-electron chi connectivity index (χ0n) is 22.2. The van der Waals surface area contributed by atoms with Crippen LogP contribution in [0.15, 0.2) is 66.7 Å². The molecule has 0 aliphatic heterocycles. The Morgan fingerprint density at radius 2 is 1.72 bits per heavy atom. The number of benzene rings is 3. The zero-order valence-corrected chi connectivity index (χ0v) is 24.5. The lowest BCUT2D eigenvalue weighted by Gasteiger charge is -2.19. The van der Waals surface area contributed by atoms with Crippen LogP contribution in [0.3, 0.4) is 0 Å². The molecule has 0 aliphatic rings. The van der Waals surface area contributed by atoms with E-state index in [4.69, 9.17) is 39.9 Å². The highest BCUT2D eigenvalue weighted by Crippen LogP contribution is 2.32. The molecule has 4 rings (SSSR count). The van der Waals surface area contributed by atoms with Crippen molar-refractivity contribution in [2.24, 2.45) is 0 Å². The summed E-state index contributed by atoms with van der Waals surface area (Å²) in [6.45, 7) is 8.86. The molecule has 200 valence electrons. The first-order valence-electron chi connectivity index (χ1n) is 12.4. The van der Waals surface area contributed by atoms with Gasteiger partial charge in [0.05, 0.1) is 22.9 Å². The average molecular weight is 580 g/mol. The van der Waals surface area contributed by atoms with Crippen LogP contribution in [0.4, 0.5) is 0 Å². The van der Waals surface area contributed by atoms with E-state index in [2.05, 4.69) is 22.5 Å². The van der Waals surface area contributed by atoms with Gasteiger partial charge in [-0.1, -0.05) is 70.9 Å². The Hall–Kier alpha value is -3.27. The molecule has 0 aliphatic carbocycles. The van der Waals surface area contributed by atoms with Crippen molar-refractivity contribution in [1.82, 2.24) is 20.4 Å². The average Bonchev–Trinajstić information content (AvgIpc) is 3.20. The molecular formula is C31H29Cl3N4O. The van der Waals surface area contributed by atoms with Crippen molar-refractivity contribution in [1.29, 1.82) is 0 Å². The second kappa shape index (κ2) is 12.3. The van der Waals surface area contributed by atoms with Crippen LogP contribution in [0.25, 0.3) is 16.9 Å². The van der Waals surface area contributed by atoms with Crippen molar-refractivity contribution in [3.8, 4) is 28.8 Å². The lowest BCUT2D eigenvalue weighted by Crippen LogP contribution is -2.41. The number of carbonyl (C=O) groups excluding carboxylic acids is 1. The van der Waals surface area contributed by atoms with Crippen LogP contribution in [0.5, 0.6) is 0 Å². The van der Waals surface area contributed by atoms with E-state index in [9.17, 15) is 4.79 Å². The van der Waals surface area contributed by atoms with Gasteiger partial charge in [-0.15, -0.1) is 0 Å². The Balaban J connectivity index is 1.61. The van der Waals surface area contributed by atoms with Crippen molar-refractivity contribution >= 4 is 40.7 Å². The number of carbonyl (C=O) groups is 1. The fourth-order valence-corrected chi connectivity index (χ4v) is 4.65. The number of nitrogens with zero attached hydrogens (tertiary/aromatic N) is 2. The third-order valence-electron chi connectivity index (χ3n) is 5.78. The van der Waals surface area contributed by atoms with E-state index in [0.717, 1.165) is 27.9 Å². The van der Waals surface area contributed by atoms with Crippen molar-refractivity contribution in [2.75, 3.05) is 6.54 Å². The molecule has 1 heterocycles. The van der Waals surface area contributed by atoms with Crippen LogP contribution in [-0.2, 0) is 6.54 Å². The molecule has 0 atom stereocenters. The number of hydrogen-bond acceptors (Lipinski definition) is 3. The SMILES string of the molecule is Cc1c(C(=O)NC(C)(C)C)nn(-c2ccc(C#CCNCc3cccc(Cl)c3)cc2Cl)c1-c1ccc(Cl)cc1. The first kappa shape index (κ1) is 28.7. The molecule has 1 amide bonds. The molecule has 0 saturated heterocycles. The Morgan fingerprint density at radius 1 is 0.974 bits per heavy atom. The van der Waals surface area contributed by atoms with Gasteiger partial charge in [0.1, 0.15) is 0 Å². The second-order valence-electron chi connectivity index (χ2n) is 10.1. The Morgan fingerprint density at radius 3 is 2.38 bits per heavy atom. The predicted molar refractivity (Wildman–Crippen MR) is 161 cm³/mol. The van der Waals surface area contributed by atoms with Crippen molar-refractivity contribution in [3.63, 3.8) is 0 Å². The van der Waals surface area contributed by atoms with Crippen LogP contribution >= 0.6 is 34.8 Å². The quantitative estimate of drug-likeness (QED) is 0.184. The van der Waals surface area contributed by atoms with Gasteiger partial charge in [-0.2, -0.15) is 5.10 Å². The molecule has 3 aromatic carbocycles. The van der Waals surface area contributed by atoms with Gasteiger partial charge in [-0.25, -0.2) is 4.68 Å². The van der Waals surface area contributed by atoms with E-state index in [1.807, 2.05) is 88.4 Å². The van der Waals surface area contributed by atoms with Gasteiger partial charge in [-0.05, 0) is 75.7 Å². The van der Waals surface area contributed by atoms with E-state index >= 15 is 0 Å². The summed E-state index contributed by atoms with van der Waals surface area (Å²) in [5.41, 5.74) is 4.81. The molecule has 0 saturated carbocycles. The number of aromatic nitrogens is 2. The van der Waals surface area contributed by atoms with Gasteiger partial charge in [0, 0.05) is 38.8 Å². The van der Waals surface area contributed by atoms with Crippen LogP contribution in [0.2, 0.25) is 15.1 Å². The third kappa shape index (κ3) is 7.44. The molecule has 0 radical (unpaired) electrons. The Kier molecular flexibility index (Phi) is 9.04. The number of halogens is 3. The molecule has 8 heteroatoms. The molecule has 2 N–H and O–H groups in total. The summed E-state index contributed by atoms with van der Waals surface area (Å²) in [6, 6.07) is 20.7. The maximum Gasteiger partial charge on any atom is 0.272 e. The van der Waals surface area contributed by atoms with Gasteiger partial charge >= 0.3 is 0 Å². The Labute approximate surface area is 244 Å². The summed E-state index contributed by atoms with van der Waals surface area (Å²) < 4.78 is 1.71. The molecule has 0 bridgehead atoms. The minimum atomic E-state index is -0.408. The zero-order chi connectivity index (χ0) is 28.2. The van der Waals surface area contributed by atoms with E-state index in [1.165, 1.54) is 0 Å². The second-order valence-corrected chi connectivity index (χ2v) is 11.4. The van der Waals surface area contributed by atoms with E-state index < -0.39 is 5.54 Å². The first-order valence-corrected chi connectivity index (χ1v) is 13.6. The largest absolute Gasteiger partial charge is 0.346 e. The molecular weight excluding hydrogens is 551 g/mol. The van der Waals surface area contributed by atoms with Crippen LogP contribution in [0, 0.1) is 18.8 Å². The maximum atomic E-state index is 13.1. The smallest absolute Gasteiger partial charge is 0.272 e. The minimum absolute atomic E-state index is 0.252. The molecule has 39 heavy (non-hydrogen) atoms. The number of amides is 1. The van der Waals surface area contributed by atoms with Gasteiger partial charge in [0.2, 0.25) is 0 Å². The first-order chi connectivity index (χ1) is 18.5. The minimum Gasteiger partial charge on any atom is -0.346 e. The highest BCUT2D eigenvalue weighted by molar-refractivity contribution is 6.32. The summed E-state index contributed by atoms with van der Waals surface area (Å²) in [5.74, 6) is 6.02. The molecule has 4 aromatic rings. The number of rotatable bonds is 6. The molecule has 1 aromatic heterocycles. The van der Waals surface area contributed by atoms with Crippen LogP contribution in [-0.4, -0.2) is 27.8 Å². The Bertz CT molecular complexity index is 1560. The van der Waals surface area contributed by atoms with E-state index in [0.29, 0.717) is 39.5 Å². The van der Waals surface area contributed by atoms with Gasteiger partial charge < -0.3 is 10.6 Å². The monoisotopic (exact) mass is 578 g/mol. The summed E-state index contributed by atoms with van der Waals surface area (Å²) >= 11 is 18.9. The molecule has 0 fully saturated rings. The van der Waals surface area contributed by atoms with E-state index in [-0.39, 0.29) is 5.91 Å². The molecule has 0 unspecified atom stereocenters. The van der Waals surface area contributed by atoms with E-state index in [1.54, 1.807) is 10.7 Å². The summed E-state index contributed by atoms with van der Waals surface area (Å²) in [7, 11) is 0. The summed E-state index contributed by atoms with van der Waals surface area (Å²) in [5, 5.41) is 12.8. The molecule has 5 nitrogen and oxygen atoms in total. The highest BCUT2D eigenvalue weighted by atomic mass is 35.5. The summed E-state index contributed by atoms with van der Waals surface area (Å²) in [4.78, 5) is 13.1. The number of hydrogen-bond donors (Lipinski definition) is 2. The maximum absolute atomic E-state index is 13.1. The van der Waals surface area contributed by atoms with Crippen LogP contribution in [0.1, 0.15) is 48.0 Å². The standard InChI is InChI=1S/C31H29Cl3N4O/c1-20-28(30(39)36-31(2,3)4)37-38(29(20)23-11-13-24(32)14-12-23)27-15-10-21(18-26(27)34)8-6-16-35-19-22-7-5-9-25(33)17-22/h5,7,9-15,17-18,35H,16,19H2,1-4H3,(H,36,39).